The zero-order valence-electron chi connectivity index (χ0n) is 10.1. The average molecular weight is 277 g/mol. The van der Waals surface area contributed by atoms with Crippen LogP contribution in [0.5, 0.6) is 0 Å². The molecule has 19 heavy (non-hydrogen) atoms. The van der Waals surface area contributed by atoms with Crippen molar-refractivity contribution in [3.63, 3.8) is 0 Å². The molecule has 1 atom stereocenters. The molecule has 0 bridgehead atoms. The van der Waals surface area contributed by atoms with Crippen LogP contribution in [-0.2, 0) is 6.42 Å². The number of nitrogens with zero attached hydrogens (tertiary/aromatic N) is 1. The van der Waals surface area contributed by atoms with E-state index in [2.05, 4.69) is 0 Å². The van der Waals surface area contributed by atoms with Crippen LogP contribution in [0.3, 0.4) is 0 Å². The number of para-hydroxylation sites is 1. The third kappa shape index (κ3) is 3.10. The summed E-state index contributed by atoms with van der Waals surface area (Å²) >= 11 is 6.07. The van der Waals surface area contributed by atoms with E-state index >= 15 is 0 Å². The lowest BCUT2D eigenvalue weighted by Gasteiger charge is -2.13. The summed E-state index contributed by atoms with van der Waals surface area (Å²) < 4.78 is 0. The Morgan fingerprint density at radius 3 is 2.47 bits per heavy atom. The molecule has 0 amide bonds. The normalized spacial score (nSPS) is 12.1. The first-order valence-corrected chi connectivity index (χ1v) is 6.19. The molecule has 2 N–H and O–H groups in total. The summed E-state index contributed by atoms with van der Waals surface area (Å²) in [7, 11) is 0. The summed E-state index contributed by atoms with van der Waals surface area (Å²) in [6.45, 7) is 0. The van der Waals surface area contributed by atoms with E-state index in [9.17, 15) is 10.1 Å². The summed E-state index contributed by atoms with van der Waals surface area (Å²) in [5, 5.41) is 11.5. The number of halogens is 1. The smallest absolute Gasteiger partial charge is 0.272 e. The molecule has 2 aromatic carbocycles. The van der Waals surface area contributed by atoms with Gasteiger partial charge >= 0.3 is 0 Å². The summed E-state index contributed by atoms with van der Waals surface area (Å²) in [6, 6.07) is 13.5. The van der Waals surface area contributed by atoms with E-state index < -0.39 is 4.92 Å². The Kier molecular flexibility index (Phi) is 4.14. The highest BCUT2D eigenvalue weighted by atomic mass is 35.5. The fourth-order valence-electron chi connectivity index (χ4n) is 1.98. The van der Waals surface area contributed by atoms with Crippen molar-refractivity contribution in [2.24, 2.45) is 5.73 Å². The zero-order chi connectivity index (χ0) is 13.8. The molecule has 0 saturated heterocycles. The molecule has 98 valence electrons. The van der Waals surface area contributed by atoms with Crippen LogP contribution in [0.2, 0.25) is 5.02 Å². The number of nitro groups is 1. The minimum atomic E-state index is -0.394. The fraction of sp³-hybridized carbons (Fsp3) is 0.143. The quantitative estimate of drug-likeness (QED) is 0.686. The van der Waals surface area contributed by atoms with E-state index in [-0.39, 0.29) is 11.7 Å². The average Bonchev–Trinajstić information content (AvgIpc) is 2.39. The molecule has 0 aliphatic carbocycles. The fourth-order valence-corrected chi connectivity index (χ4v) is 2.26. The second-order valence-corrected chi connectivity index (χ2v) is 4.63. The van der Waals surface area contributed by atoms with Crippen LogP contribution in [0.4, 0.5) is 5.69 Å². The molecule has 0 saturated carbocycles. The highest BCUT2D eigenvalue weighted by molar-refractivity contribution is 6.31. The molecule has 1 unspecified atom stereocenters. The van der Waals surface area contributed by atoms with Crippen molar-refractivity contribution in [3.05, 3.63) is 74.8 Å². The number of hydrogen-bond acceptors (Lipinski definition) is 3. The first-order chi connectivity index (χ1) is 9.09. The number of benzene rings is 2. The van der Waals surface area contributed by atoms with Gasteiger partial charge in [-0.2, -0.15) is 0 Å². The number of nitro benzene ring substituents is 1. The molecular formula is C14H13ClN2O2. The minimum Gasteiger partial charge on any atom is -0.324 e. The summed E-state index contributed by atoms with van der Waals surface area (Å²) in [6.07, 6.45) is 0.376. The molecule has 0 heterocycles. The van der Waals surface area contributed by atoms with E-state index in [0.29, 0.717) is 17.0 Å². The summed E-state index contributed by atoms with van der Waals surface area (Å²) in [4.78, 5) is 10.6. The van der Waals surface area contributed by atoms with Gasteiger partial charge in [0.2, 0.25) is 0 Å². The Balaban J connectivity index is 2.27. The minimum absolute atomic E-state index is 0.0880. The number of nitrogens with two attached hydrogens (primary N) is 1. The SMILES string of the molecule is NC(Cc1ccccc1[N+](=O)[O-])c1ccccc1Cl. The van der Waals surface area contributed by atoms with Gasteiger partial charge in [-0.05, 0) is 18.1 Å². The number of rotatable bonds is 4. The molecule has 0 aromatic heterocycles. The first kappa shape index (κ1) is 13.5. The first-order valence-electron chi connectivity index (χ1n) is 5.82. The van der Waals surface area contributed by atoms with Gasteiger partial charge < -0.3 is 5.73 Å². The molecule has 0 aliphatic heterocycles. The Hall–Kier alpha value is -1.91. The zero-order valence-corrected chi connectivity index (χ0v) is 10.9. The lowest BCUT2D eigenvalue weighted by atomic mass is 9.98. The topological polar surface area (TPSA) is 69.2 Å². The second-order valence-electron chi connectivity index (χ2n) is 4.22. The standard InChI is InChI=1S/C14H13ClN2O2/c15-12-7-3-2-6-11(12)13(16)9-10-5-1-4-8-14(10)17(18)19/h1-8,13H,9,16H2. The molecule has 4 nitrogen and oxygen atoms in total. The Morgan fingerprint density at radius 1 is 1.16 bits per heavy atom. The lowest BCUT2D eigenvalue weighted by Crippen LogP contribution is -2.14. The lowest BCUT2D eigenvalue weighted by molar-refractivity contribution is -0.385. The highest BCUT2D eigenvalue weighted by Crippen LogP contribution is 2.27. The highest BCUT2D eigenvalue weighted by Gasteiger charge is 2.17. The molecule has 0 radical (unpaired) electrons. The van der Waals surface area contributed by atoms with Crippen LogP contribution in [0.1, 0.15) is 17.2 Å². The Labute approximate surface area is 116 Å². The summed E-state index contributed by atoms with van der Waals surface area (Å²) in [5.74, 6) is 0. The maximum atomic E-state index is 10.9. The largest absolute Gasteiger partial charge is 0.324 e. The molecule has 5 heteroatoms. The van der Waals surface area contributed by atoms with Crippen LogP contribution in [-0.4, -0.2) is 4.92 Å². The van der Waals surface area contributed by atoms with E-state index in [0.717, 1.165) is 5.56 Å². The maximum Gasteiger partial charge on any atom is 0.272 e. The van der Waals surface area contributed by atoms with Gasteiger partial charge in [-0.25, -0.2) is 0 Å². The van der Waals surface area contributed by atoms with E-state index in [1.165, 1.54) is 6.07 Å². The third-order valence-corrected chi connectivity index (χ3v) is 3.28. The predicted octanol–water partition coefficient (Wildman–Crippen LogP) is 3.49. The van der Waals surface area contributed by atoms with Crippen LogP contribution < -0.4 is 5.73 Å². The van der Waals surface area contributed by atoms with Gasteiger partial charge in [0.05, 0.1) is 4.92 Å². The molecule has 0 spiro atoms. The van der Waals surface area contributed by atoms with Crippen molar-refractivity contribution in [1.29, 1.82) is 0 Å². The molecule has 2 rings (SSSR count). The second kappa shape index (κ2) is 5.82. The summed E-state index contributed by atoms with van der Waals surface area (Å²) in [5.41, 5.74) is 7.58. The van der Waals surface area contributed by atoms with Gasteiger partial charge in [0.1, 0.15) is 0 Å². The van der Waals surface area contributed by atoms with Gasteiger partial charge in [-0.15, -0.1) is 0 Å². The van der Waals surface area contributed by atoms with Crippen molar-refractivity contribution < 1.29 is 4.92 Å². The van der Waals surface area contributed by atoms with Crippen molar-refractivity contribution in [3.8, 4) is 0 Å². The molecule has 0 fully saturated rings. The number of hydrogen-bond donors (Lipinski definition) is 1. The monoisotopic (exact) mass is 276 g/mol. The van der Waals surface area contributed by atoms with Crippen molar-refractivity contribution in [2.45, 2.75) is 12.5 Å². The van der Waals surface area contributed by atoms with Gasteiger partial charge in [0.25, 0.3) is 5.69 Å². The van der Waals surface area contributed by atoms with Gasteiger partial charge in [-0.3, -0.25) is 10.1 Å². The van der Waals surface area contributed by atoms with Gasteiger partial charge in [-0.1, -0.05) is 48.0 Å². The van der Waals surface area contributed by atoms with Gasteiger partial charge in [0.15, 0.2) is 0 Å². The predicted molar refractivity (Wildman–Crippen MR) is 75.2 cm³/mol. The van der Waals surface area contributed by atoms with Crippen molar-refractivity contribution in [2.75, 3.05) is 0 Å². The van der Waals surface area contributed by atoms with E-state index in [1.807, 2.05) is 18.2 Å². The van der Waals surface area contributed by atoms with E-state index in [1.54, 1.807) is 24.3 Å². The van der Waals surface area contributed by atoms with Crippen LogP contribution >= 0.6 is 11.6 Å². The van der Waals surface area contributed by atoms with E-state index in [4.69, 9.17) is 17.3 Å². The Bertz CT molecular complexity index is 602. The Morgan fingerprint density at radius 2 is 1.79 bits per heavy atom. The molecule has 0 aliphatic rings. The van der Waals surface area contributed by atoms with Crippen molar-refractivity contribution in [1.82, 2.24) is 0 Å². The molecular weight excluding hydrogens is 264 g/mol. The molecule has 2 aromatic rings. The third-order valence-electron chi connectivity index (χ3n) is 2.93. The van der Waals surface area contributed by atoms with Crippen LogP contribution in [0, 0.1) is 10.1 Å². The van der Waals surface area contributed by atoms with Crippen LogP contribution in [0.15, 0.2) is 48.5 Å². The van der Waals surface area contributed by atoms with Crippen molar-refractivity contribution >= 4 is 17.3 Å². The van der Waals surface area contributed by atoms with Crippen LogP contribution in [0.25, 0.3) is 0 Å². The van der Waals surface area contributed by atoms with Gasteiger partial charge in [0, 0.05) is 22.7 Å². The maximum absolute atomic E-state index is 10.9.